The summed E-state index contributed by atoms with van der Waals surface area (Å²) in [4.78, 5) is 15.3. The normalized spacial score (nSPS) is 14.6. The van der Waals surface area contributed by atoms with E-state index >= 15 is 0 Å². The summed E-state index contributed by atoms with van der Waals surface area (Å²) >= 11 is 0. The van der Waals surface area contributed by atoms with Crippen molar-refractivity contribution in [2.45, 2.75) is 53.5 Å². The van der Waals surface area contributed by atoms with Crippen molar-refractivity contribution in [1.29, 1.82) is 0 Å². The van der Waals surface area contributed by atoms with Crippen LogP contribution in [0.25, 0.3) is 5.69 Å². The maximum Gasteiger partial charge on any atom is 0.271 e. The second-order valence-electron chi connectivity index (χ2n) is 11.3. The van der Waals surface area contributed by atoms with Gasteiger partial charge >= 0.3 is 0 Å². The quantitative estimate of drug-likeness (QED) is 0.198. The molecule has 0 aliphatic carbocycles. The van der Waals surface area contributed by atoms with Crippen molar-refractivity contribution < 1.29 is 4.79 Å². The molecule has 0 saturated carbocycles. The lowest BCUT2D eigenvalue weighted by Gasteiger charge is -2.32. The summed E-state index contributed by atoms with van der Waals surface area (Å²) in [6, 6.07) is 27.3. The number of carbonyl (C=O) groups excluding carboxylic acids is 1. The van der Waals surface area contributed by atoms with E-state index in [1.165, 1.54) is 47.2 Å². The molecule has 0 spiro atoms. The van der Waals surface area contributed by atoms with Gasteiger partial charge in [-0.15, -0.1) is 0 Å². The van der Waals surface area contributed by atoms with Crippen LogP contribution in [0.4, 0.5) is 0 Å². The smallest absolute Gasteiger partial charge is 0.271 e. The molecular formula is C35H40N4O. The number of carbonyl (C=O) groups is 1. The molecule has 3 aromatic carbocycles. The molecule has 0 atom stereocenters. The number of nitrogens with one attached hydrogen (secondary N) is 1. The third-order valence-electron chi connectivity index (χ3n) is 8.13. The van der Waals surface area contributed by atoms with Crippen LogP contribution < -0.4 is 5.43 Å². The molecule has 40 heavy (non-hydrogen) atoms. The third kappa shape index (κ3) is 6.60. The van der Waals surface area contributed by atoms with Gasteiger partial charge in [0.15, 0.2) is 0 Å². The van der Waals surface area contributed by atoms with Gasteiger partial charge in [0.2, 0.25) is 0 Å². The fourth-order valence-corrected chi connectivity index (χ4v) is 5.89. The van der Waals surface area contributed by atoms with Crippen molar-refractivity contribution in [3.63, 3.8) is 0 Å². The highest BCUT2D eigenvalue weighted by Gasteiger charge is 2.19. The Hall–Kier alpha value is -3.96. The molecule has 206 valence electrons. The van der Waals surface area contributed by atoms with E-state index in [0.717, 1.165) is 42.5 Å². The fourth-order valence-electron chi connectivity index (χ4n) is 5.89. The first kappa shape index (κ1) is 27.6. The molecule has 4 aromatic rings. The maximum atomic E-state index is 12.7. The highest BCUT2D eigenvalue weighted by Crippen LogP contribution is 2.24. The van der Waals surface area contributed by atoms with Gasteiger partial charge in [-0.1, -0.05) is 60.2 Å². The Balaban J connectivity index is 1.13. The Morgan fingerprint density at radius 1 is 0.900 bits per heavy atom. The monoisotopic (exact) mass is 532 g/mol. The molecule has 0 bridgehead atoms. The van der Waals surface area contributed by atoms with E-state index in [2.05, 4.69) is 114 Å². The van der Waals surface area contributed by atoms with Crippen LogP contribution >= 0.6 is 0 Å². The highest BCUT2D eigenvalue weighted by molar-refractivity contribution is 5.95. The van der Waals surface area contributed by atoms with Gasteiger partial charge < -0.3 is 4.57 Å². The number of benzene rings is 3. The molecule has 1 aliphatic heterocycles. The van der Waals surface area contributed by atoms with Crippen LogP contribution in [0.3, 0.4) is 0 Å². The fraction of sp³-hybridized carbons (Fsp3) is 0.314. The van der Waals surface area contributed by atoms with E-state index < -0.39 is 0 Å². The number of aromatic nitrogens is 1. The third-order valence-corrected chi connectivity index (χ3v) is 8.13. The average Bonchev–Trinajstić information content (AvgIpc) is 3.23. The molecule has 2 heterocycles. The molecule has 1 aromatic heterocycles. The Kier molecular flexibility index (Phi) is 8.61. The van der Waals surface area contributed by atoms with Gasteiger partial charge in [-0.25, -0.2) is 5.43 Å². The summed E-state index contributed by atoms with van der Waals surface area (Å²) in [5.74, 6) is 0.566. The van der Waals surface area contributed by atoms with E-state index in [1.807, 2.05) is 12.1 Å². The van der Waals surface area contributed by atoms with E-state index in [1.54, 1.807) is 6.21 Å². The van der Waals surface area contributed by atoms with Crippen LogP contribution in [0.2, 0.25) is 0 Å². The van der Waals surface area contributed by atoms with Gasteiger partial charge in [0.05, 0.1) is 6.21 Å². The standard InChI is InChI=1S/C35H40N4O/c1-25-10-15-34(26(2)20-25)39-27(3)21-33(28(39)4)23-36-37-35(40)32-13-11-31(12-14-32)24-38-18-16-30(17-19-38)22-29-8-6-5-7-9-29/h5-15,20-21,23,30H,16-19,22,24H2,1-4H3,(H,37,40)/b36-23-. The van der Waals surface area contributed by atoms with Crippen molar-refractivity contribution in [3.8, 4) is 5.69 Å². The summed E-state index contributed by atoms with van der Waals surface area (Å²) in [7, 11) is 0. The number of piperidine rings is 1. The van der Waals surface area contributed by atoms with Gasteiger partial charge in [-0.05, 0) is 107 Å². The Labute approximate surface area is 238 Å². The molecule has 0 unspecified atom stereocenters. The molecule has 1 amide bonds. The molecule has 1 saturated heterocycles. The SMILES string of the molecule is Cc1ccc(-n2c(C)cc(/C=N\NC(=O)c3ccc(CN4CCC(Cc5ccccc5)CC4)cc3)c2C)c(C)c1. The summed E-state index contributed by atoms with van der Waals surface area (Å²) in [5.41, 5.74) is 12.9. The highest BCUT2D eigenvalue weighted by atomic mass is 16.2. The molecule has 5 nitrogen and oxygen atoms in total. The van der Waals surface area contributed by atoms with Crippen molar-refractivity contribution in [3.05, 3.63) is 124 Å². The van der Waals surface area contributed by atoms with E-state index in [4.69, 9.17) is 0 Å². The number of nitrogens with zero attached hydrogens (tertiary/aromatic N) is 3. The topological polar surface area (TPSA) is 49.6 Å². The largest absolute Gasteiger partial charge is 0.318 e. The van der Waals surface area contributed by atoms with E-state index in [0.29, 0.717) is 5.56 Å². The maximum absolute atomic E-state index is 12.7. The second-order valence-corrected chi connectivity index (χ2v) is 11.3. The minimum atomic E-state index is -0.201. The van der Waals surface area contributed by atoms with Crippen LogP contribution in [0, 0.1) is 33.6 Å². The lowest BCUT2D eigenvalue weighted by Crippen LogP contribution is -2.33. The van der Waals surface area contributed by atoms with Crippen molar-refractivity contribution in [2.75, 3.05) is 13.1 Å². The predicted octanol–water partition coefficient (Wildman–Crippen LogP) is 6.93. The van der Waals surface area contributed by atoms with Crippen LogP contribution in [0.5, 0.6) is 0 Å². The van der Waals surface area contributed by atoms with Crippen LogP contribution in [0.15, 0.2) is 84.0 Å². The summed E-state index contributed by atoms with van der Waals surface area (Å²) in [6.07, 6.45) is 5.38. The molecule has 0 radical (unpaired) electrons. The lowest BCUT2D eigenvalue weighted by molar-refractivity contribution is 0.0955. The van der Waals surface area contributed by atoms with Crippen LogP contribution in [-0.2, 0) is 13.0 Å². The molecule has 1 N–H and O–H groups in total. The van der Waals surface area contributed by atoms with Gasteiger partial charge in [-0.2, -0.15) is 5.10 Å². The Morgan fingerprint density at radius 3 is 2.33 bits per heavy atom. The first-order valence-electron chi connectivity index (χ1n) is 14.3. The minimum Gasteiger partial charge on any atom is -0.318 e. The molecule has 1 aliphatic rings. The zero-order valence-electron chi connectivity index (χ0n) is 24.2. The number of hydrazone groups is 1. The molecule has 5 heteroatoms. The zero-order chi connectivity index (χ0) is 28.1. The summed E-state index contributed by atoms with van der Waals surface area (Å²) in [6.45, 7) is 11.6. The summed E-state index contributed by atoms with van der Waals surface area (Å²) < 4.78 is 2.24. The minimum absolute atomic E-state index is 0.201. The average molecular weight is 533 g/mol. The lowest BCUT2D eigenvalue weighted by atomic mass is 9.90. The van der Waals surface area contributed by atoms with Gasteiger partial charge in [0, 0.05) is 34.7 Å². The first-order valence-corrected chi connectivity index (χ1v) is 14.3. The Bertz CT molecular complexity index is 1480. The van der Waals surface area contributed by atoms with E-state index in [9.17, 15) is 4.79 Å². The summed E-state index contributed by atoms with van der Waals surface area (Å²) in [5, 5.41) is 4.27. The van der Waals surface area contributed by atoms with Gasteiger partial charge in [0.1, 0.15) is 0 Å². The van der Waals surface area contributed by atoms with Crippen LogP contribution in [-0.4, -0.2) is 34.7 Å². The second kappa shape index (κ2) is 12.5. The first-order chi connectivity index (χ1) is 19.4. The molecule has 1 fully saturated rings. The number of aryl methyl sites for hydroxylation is 3. The number of hydrogen-bond donors (Lipinski definition) is 1. The van der Waals surface area contributed by atoms with Crippen molar-refractivity contribution in [1.82, 2.24) is 14.9 Å². The van der Waals surface area contributed by atoms with Crippen molar-refractivity contribution >= 4 is 12.1 Å². The van der Waals surface area contributed by atoms with E-state index in [-0.39, 0.29) is 5.91 Å². The number of likely N-dealkylation sites (tertiary alicyclic amines) is 1. The van der Waals surface area contributed by atoms with Crippen molar-refractivity contribution in [2.24, 2.45) is 11.0 Å². The van der Waals surface area contributed by atoms with Gasteiger partial charge in [-0.3, -0.25) is 9.69 Å². The van der Waals surface area contributed by atoms with Crippen LogP contribution in [0.1, 0.15) is 62.4 Å². The predicted molar refractivity (Wildman–Crippen MR) is 164 cm³/mol. The molecular weight excluding hydrogens is 492 g/mol. The molecule has 5 rings (SSSR count). The zero-order valence-corrected chi connectivity index (χ0v) is 24.2. The van der Waals surface area contributed by atoms with Gasteiger partial charge in [0.25, 0.3) is 5.91 Å². The Morgan fingerprint density at radius 2 is 1.62 bits per heavy atom. The number of rotatable bonds is 8. The number of amides is 1. The number of hydrogen-bond acceptors (Lipinski definition) is 3.